The van der Waals surface area contributed by atoms with Gasteiger partial charge in [0.2, 0.25) is 12.1 Å². The van der Waals surface area contributed by atoms with Crippen molar-refractivity contribution in [3.63, 3.8) is 0 Å². The summed E-state index contributed by atoms with van der Waals surface area (Å²) < 4.78 is 44.4. The number of allylic oxidation sites excluding steroid dienone is 1. The fourth-order valence-corrected chi connectivity index (χ4v) is 4.60. The average molecular weight is 677 g/mol. The summed E-state index contributed by atoms with van der Waals surface area (Å²) >= 11 is 0. The zero-order valence-electron chi connectivity index (χ0n) is 28.0. The normalized spacial score (nSPS) is 31.5. The van der Waals surface area contributed by atoms with Gasteiger partial charge in [0.1, 0.15) is 44.2 Å². The molecule has 2 aliphatic heterocycles. The summed E-state index contributed by atoms with van der Waals surface area (Å²) in [7, 11) is 0. The number of esters is 5. The number of carbonyl (C=O) groups is 5. The molecule has 0 radical (unpaired) electrons. The van der Waals surface area contributed by atoms with E-state index in [0.29, 0.717) is 6.42 Å². The van der Waals surface area contributed by atoms with Crippen molar-refractivity contribution in [1.82, 2.24) is 0 Å². The molecule has 2 rings (SSSR count). The van der Waals surface area contributed by atoms with Gasteiger partial charge in [0.15, 0.2) is 18.3 Å². The second kappa shape index (κ2) is 17.8. The van der Waals surface area contributed by atoms with Crippen LogP contribution < -0.4 is 0 Å². The van der Waals surface area contributed by atoms with Crippen LogP contribution in [-0.2, 0) is 61.9 Å². The molecule has 0 saturated carbocycles. The second-order valence-electron chi connectivity index (χ2n) is 12.0. The van der Waals surface area contributed by atoms with Crippen LogP contribution in [0.15, 0.2) is 11.6 Å². The van der Waals surface area contributed by atoms with Crippen molar-refractivity contribution < 1.29 is 77.2 Å². The van der Waals surface area contributed by atoms with Crippen molar-refractivity contribution in [1.29, 1.82) is 0 Å². The Hall–Kier alpha value is -3.15. The zero-order valence-corrected chi connectivity index (χ0v) is 28.0. The Bertz CT molecular complexity index is 1140. The molecule has 0 aromatic rings. The van der Waals surface area contributed by atoms with Crippen LogP contribution in [0.1, 0.15) is 68.2 Å². The molecule has 47 heavy (non-hydrogen) atoms. The maximum Gasteiger partial charge on any atom is 0.333 e. The number of aliphatic hydroxyl groups is 3. The lowest BCUT2D eigenvalue weighted by Gasteiger charge is -2.44. The molecule has 268 valence electrons. The van der Waals surface area contributed by atoms with Crippen LogP contribution in [0.2, 0.25) is 0 Å². The smallest absolute Gasteiger partial charge is 0.333 e. The van der Waals surface area contributed by atoms with Crippen LogP contribution in [-0.4, -0.2) is 120 Å². The van der Waals surface area contributed by atoms with Gasteiger partial charge in [-0.25, -0.2) is 4.79 Å². The van der Waals surface area contributed by atoms with Gasteiger partial charge in [-0.2, -0.15) is 0 Å². The van der Waals surface area contributed by atoms with Gasteiger partial charge in [-0.1, -0.05) is 33.8 Å². The molecule has 2 heterocycles. The first-order valence-corrected chi connectivity index (χ1v) is 15.5. The maximum absolute atomic E-state index is 12.8. The fourth-order valence-electron chi connectivity index (χ4n) is 4.60. The van der Waals surface area contributed by atoms with Gasteiger partial charge in [0.05, 0.1) is 5.92 Å². The fraction of sp³-hybridized carbons (Fsp3) is 0.774. The predicted molar refractivity (Wildman–Crippen MR) is 158 cm³/mol. The third kappa shape index (κ3) is 10.9. The van der Waals surface area contributed by atoms with Gasteiger partial charge in [-0.3, -0.25) is 19.2 Å². The molecule has 16 nitrogen and oxygen atoms in total. The maximum atomic E-state index is 12.8. The second-order valence-corrected chi connectivity index (χ2v) is 12.0. The minimum Gasteiger partial charge on any atom is -0.463 e. The SMILES string of the molecule is C/C=C(\C)C(=O)O[C@@H]1[C@H](O[C@@]2(COC(=O)CC(C)C)O[C@@H](COC(=O)C(C)CC)[C@H](OC(C)=O)[C@H]2O)O[C@@H](COC(C)=O)[C@H](O)[C@H]1O. The lowest BCUT2D eigenvalue weighted by atomic mass is 9.98. The van der Waals surface area contributed by atoms with E-state index < -0.39 is 110 Å². The predicted octanol–water partition coefficient (Wildman–Crippen LogP) is 0.457. The Kier molecular flexibility index (Phi) is 15.2. The molecule has 0 aliphatic carbocycles. The molecule has 1 unspecified atom stereocenters. The van der Waals surface area contributed by atoms with E-state index in [1.54, 1.807) is 34.6 Å². The van der Waals surface area contributed by atoms with Crippen LogP contribution in [0.3, 0.4) is 0 Å². The summed E-state index contributed by atoms with van der Waals surface area (Å²) in [4.78, 5) is 61.4. The highest BCUT2D eigenvalue weighted by atomic mass is 16.8. The third-order valence-corrected chi connectivity index (χ3v) is 7.60. The standard InChI is InChI=1S/C31H48O16/c1-9-16(5)28(38)41-13-21-25(43-19(8)33)27(37)31(46-21,14-42-22(34)11-15(3)4)47-30-26(45-29(39)17(6)10-2)24(36)23(35)20(44-30)12-40-18(7)32/h10,15-16,20-21,23-27,30,35-37H,9,11-14H2,1-8H3/b17-10+/t16?,20-,21-,23-,24+,25-,26-,27+,30-,31+/m0/s1. The van der Waals surface area contributed by atoms with Gasteiger partial charge in [0.25, 0.3) is 0 Å². The Morgan fingerprint density at radius 2 is 1.49 bits per heavy atom. The van der Waals surface area contributed by atoms with Crippen LogP contribution in [0.5, 0.6) is 0 Å². The molecular weight excluding hydrogens is 628 g/mol. The van der Waals surface area contributed by atoms with Gasteiger partial charge in [-0.05, 0) is 26.2 Å². The Morgan fingerprint density at radius 3 is 2.04 bits per heavy atom. The molecular formula is C31H48O16. The lowest BCUT2D eigenvalue weighted by Crippen LogP contribution is -2.64. The third-order valence-electron chi connectivity index (χ3n) is 7.60. The quantitative estimate of drug-likeness (QED) is 0.122. The summed E-state index contributed by atoms with van der Waals surface area (Å²) in [5.41, 5.74) is 0.125. The molecule has 0 bridgehead atoms. The summed E-state index contributed by atoms with van der Waals surface area (Å²) in [5, 5.41) is 33.4. The van der Waals surface area contributed by atoms with Gasteiger partial charge < -0.3 is 53.2 Å². The van der Waals surface area contributed by atoms with Crippen LogP contribution >= 0.6 is 0 Å². The summed E-state index contributed by atoms with van der Waals surface area (Å²) in [6, 6.07) is 0. The number of hydrogen-bond donors (Lipinski definition) is 3. The van der Waals surface area contributed by atoms with Crippen molar-refractivity contribution in [3.8, 4) is 0 Å². The van der Waals surface area contributed by atoms with E-state index in [0.717, 1.165) is 13.8 Å². The van der Waals surface area contributed by atoms with Crippen molar-refractivity contribution >= 4 is 29.8 Å². The Labute approximate surface area is 273 Å². The summed E-state index contributed by atoms with van der Waals surface area (Å²) in [6.45, 7) is 10.2. The monoisotopic (exact) mass is 676 g/mol. The van der Waals surface area contributed by atoms with E-state index >= 15 is 0 Å². The number of aliphatic hydroxyl groups excluding tert-OH is 3. The largest absolute Gasteiger partial charge is 0.463 e. The van der Waals surface area contributed by atoms with E-state index in [1.165, 1.54) is 13.0 Å². The van der Waals surface area contributed by atoms with Crippen LogP contribution in [0.25, 0.3) is 0 Å². The number of rotatable bonds is 15. The van der Waals surface area contributed by atoms with E-state index in [1.807, 2.05) is 0 Å². The first-order chi connectivity index (χ1) is 22.0. The minimum atomic E-state index is -2.45. The molecule has 0 aromatic carbocycles. The number of hydrogen-bond acceptors (Lipinski definition) is 16. The molecule has 16 heteroatoms. The molecule has 0 spiro atoms. The molecule has 2 aliphatic rings. The Morgan fingerprint density at radius 1 is 0.851 bits per heavy atom. The average Bonchev–Trinajstić information content (AvgIpc) is 3.25. The number of carbonyl (C=O) groups excluding carboxylic acids is 5. The van der Waals surface area contributed by atoms with E-state index in [9.17, 15) is 39.3 Å². The highest BCUT2D eigenvalue weighted by Gasteiger charge is 2.62. The van der Waals surface area contributed by atoms with E-state index in [2.05, 4.69) is 0 Å². The van der Waals surface area contributed by atoms with Crippen molar-refractivity contribution in [2.75, 3.05) is 19.8 Å². The molecule has 10 atom stereocenters. The van der Waals surface area contributed by atoms with Crippen molar-refractivity contribution in [2.45, 2.75) is 123 Å². The number of ether oxygens (including phenoxy) is 8. The molecule has 0 amide bonds. The van der Waals surface area contributed by atoms with E-state index in [4.69, 9.17) is 37.9 Å². The van der Waals surface area contributed by atoms with Crippen molar-refractivity contribution in [3.05, 3.63) is 11.6 Å². The molecule has 2 fully saturated rings. The Balaban J connectivity index is 2.58. The van der Waals surface area contributed by atoms with Crippen LogP contribution in [0.4, 0.5) is 0 Å². The zero-order chi connectivity index (χ0) is 35.6. The van der Waals surface area contributed by atoms with Crippen LogP contribution in [0, 0.1) is 11.8 Å². The van der Waals surface area contributed by atoms with Gasteiger partial charge in [0, 0.05) is 25.8 Å². The van der Waals surface area contributed by atoms with Crippen molar-refractivity contribution in [2.24, 2.45) is 11.8 Å². The highest BCUT2D eigenvalue weighted by molar-refractivity contribution is 5.87. The minimum absolute atomic E-state index is 0.0341. The highest BCUT2D eigenvalue weighted by Crippen LogP contribution is 2.39. The summed E-state index contributed by atoms with van der Waals surface area (Å²) in [5.74, 6) is -6.85. The molecule has 3 N–H and O–H groups in total. The summed E-state index contributed by atoms with van der Waals surface area (Å²) in [6.07, 6.45) is -11.7. The molecule has 0 aromatic heterocycles. The van der Waals surface area contributed by atoms with Gasteiger partial charge >= 0.3 is 29.8 Å². The first kappa shape index (κ1) is 40.0. The van der Waals surface area contributed by atoms with E-state index in [-0.39, 0.29) is 17.9 Å². The molecule has 2 saturated heterocycles. The topological polar surface area (TPSA) is 220 Å². The van der Waals surface area contributed by atoms with Gasteiger partial charge in [-0.15, -0.1) is 0 Å². The lowest BCUT2D eigenvalue weighted by molar-refractivity contribution is -0.384. The first-order valence-electron chi connectivity index (χ1n) is 15.5.